The predicted octanol–water partition coefficient (Wildman–Crippen LogP) is 2.08. The summed E-state index contributed by atoms with van der Waals surface area (Å²) in [7, 11) is -3.78. The molecular formula is C13H18ClFN2O2S. The Morgan fingerprint density at radius 3 is 2.85 bits per heavy atom. The minimum absolute atomic E-state index is 0.0364. The number of hydrogen-bond acceptors (Lipinski definition) is 3. The maximum Gasteiger partial charge on any atom is 0.244 e. The Kier molecular flexibility index (Phi) is 4.69. The number of nitrogens with two attached hydrogens (primary N) is 1. The van der Waals surface area contributed by atoms with E-state index in [2.05, 4.69) is 6.92 Å². The highest BCUT2D eigenvalue weighted by molar-refractivity contribution is 7.89. The van der Waals surface area contributed by atoms with Gasteiger partial charge in [0, 0.05) is 13.1 Å². The normalized spacial score (nSPS) is 24.8. The molecule has 2 rings (SSSR count). The molecule has 0 bridgehead atoms. The summed E-state index contributed by atoms with van der Waals surface area (Å²) in [5, 5.41) is 0.0364. The number of piperidine rings is 1. The maximum atomic E-state index is 13.3. The van der Waals surface area contributed by atoms with Crippen LogP contribution in [0.3, 0.4) is 0 Å². The fourth-order valence-corrected chi connectivity index (χ4v) is 4.45. The fourth-order valence-electron chi connectivity index (χ4n) is 2.46. The number of sulfonamides is 1. The Balaban J connectivity index is 2.33. The van der Waals surface area contributed by atoms with E-state index in [1.54, 1.807) is 0 Å². The number of nitrogens with zero attached hydrogens (tertiary/aromatic N) is 1. The van der Waals surface area contributed by atoms with Gasteiger partial charge in [-0.05, 0) is 43.0 Å². The molecule has 2 N–H and O–H groups in total. The highest BCUT2D eigenvalue weighted by atomic mass is 35.5. The molecule has 2 atom stereocenters. The highest BCUT2D eigenvalue weighted by Crippen LogP contribution is 2.30. The van der Waals surface area contributed by atoms with Crippen molar-refractivity contribution >= 4 is 21.6 Å². The van der Waals surface area contributed by atoms with Crippen LogP contribution in [0.1, 0.15) is 13.3 Å². The summed E-state index contributed by atoms with van der Waals surface area (Å²) in [5.41, 5.74) is 5.68. The highest BCUT2D eigenvalue weighted by Gasteiger charge is 2.34. The van der Waals surface area contributed by atoms with Crippen molar-refractivity contribution in [1.29, 1.82) is 0 Å². The summed E-state index contributed by atoms with van der Waals surface area (Å²) in [6, 6.07) is 3.37. The summed E-state index contributed by atoms with van der Waals surface area (Å²) in [5.74, 6) is -0.117. The van der Waals surface area contributed by atoms with Gasteiger partial charge in [0.2, 0.25) is 10.0 Å². The molecule has 1 heterocycles. The standard InChI is InChI=1S/C13H18ClFN2O2S/c1-9-4-5-17(8-10(9)7-16)20(18,19)13-6-11(15)2-3-12(13)14/h2-3,6,9-10H,4-5,7-8,16H2,1H3. The van der Waals surface area contributed by atoms with Crippen LogP contribution in [0.25, 0.3) is 0 Å². The van der Waals surface area contributed by atoms with Gasteiger partial charge in [0.1, 0.15) is 10.7 Å². The lowest BCUT2D eigenvalue weighted by Crippen LogP contribution is -2.45. The van der Waals surface area contributed by atoms with Crippen LogP contribution in [0.2, 0.25) is 5.02 Å². The lowest BCUT2D eigenvalue weighted by molar-refractivity contribution is 0.203. The summed E-state index contributed by atoms with van der Waals surface area (Å²) in [4.78, 5) is -0.176. The van der Waals surface area contributed by atoms with Gasteiger partial charge in [0.05, 0.1) is 5.02 Å². The molecular weight excluding hydrogens is 303 g/mol. The molecule has 0 spiro atoms. The van der Waals surface area contributed by atoms with Crippen LogP contribution in [0, 0.1) is 17.7 Å². The number of rotatable bonds is 3. The SMILES string of the molecule is CC1CCN(S(=O)(=O)c2cc(F)ccc2Cl)CC1CN. The van der Waals surface area contributed by atoms with Crippen molar-refractivity contribution in [2.45, 2.75) is 18.2 Å². The van der Waals surface area contributed by atoms with Gasteiger partial charge in [-0.15, -0.1) is 0 Å². The topological polar surface area (TPSA) is 63.4 Å². The summed E-state index contributed by atoms with van der Waals surface area (Å²) >= 11 is 5.90. The van der Waals surface area contributed by atoms with Crippen LogP contribution in [-0.2, 0) is 10.0 Å². The maximum absolute atomic E-state index is 13.3. The zero-order valence-corrected chi connectivity index (χ0v) is 12.8. The summed E-state index contributed by atoms with van der Waals surface area (Å²) in [6.07, 6.45) is 0.744. The van der Waals surface area contributed by atoms with Crippen LogP contribution >= 0.6 is 11.6 Å². The Bertz CT molecular complexity index is 594. The third-order valence-corrected chi connectivity index (χ3v) is 6.24. The van der Waals surface area contributed by atoms with Crippen molar-refractivity contribution in [3.63, 3.8) is 0 Å². The quantitative estimate of drug-likeness (QED) is 0.927. The van der Waals surface area contributed by atoms with E-state index in [9.17, 15) is 12.8 Å². The molecule has 4 nitrogen and oxygen atoms in total. The van der Waals surface area contributed by atoms with Crippen LogP contribution in [-0.4, -0.2) is 32.4 Å². The molecule has 7 heteroatoms. The van der Waals surface area contributed by atoms with Gasteiger partial charge in [-0.3, -0.25) is 0 Å². The minimum atomic E-state index is -3.78. The zero-order chi connectivity index (χ0) is 14.9. The van der Waals surface area contributed by atoms with Crippen molar-refractivity contribution in [1.82, 2.24) is 4.31 Å². The molecule has 1 fully saturated rings. The number of hydrogen-bond donors (Lipinski definition) is 1. The molecule has 1 aliphatic heterocycles. The van der Waals surface area contributed by atoms with Crippen LogP contribution < -0.4 is 5.73 Å². The van der Waals surface area contributed by atoms with Gasteiger partial charge in [-0.25, -0.2) is 12.8 Å². The van der Waals surface area contributed by atoms with Crippen molar-refractivity contribution in [2.24, 2.45) is 17.6 Å². The van der Waals surface area contributed by atoms with Crippen LogP contribution in [0.15, 0.2) is 23.1 Å². The largest absolute Gasteiger partial charge is 0.330 e. The molecule has 0 saturated carbocycles. The second-order valence-electron chi connectivity index (χ2n) is 5.20. The van der Waals surface area contributed by atoms with E-state index >= 15 is 0 Å². The Labute approximate surface area is 123 Å². The average molecular weight is 321 g/mol. The van der Waals surface area contributed by atoms with Crippen molar-refractivity contribution in [3.8, 4) is 0 Å². The molecule has 112 valence electrons. The molecule has 0 amide bonds. The van der Waals surface area contributed by atoms with Crippen LogP contribution in [0.5, 0.6) is 0 Å². The lowest BCUT2D eigenvalue weighted by atomic mass is 9.88. The van der Waals surface area contributed by atoms with Crippen molar-refractivity contribution in [2.75, 3.05) is 19.6 Å². The molecule has 1 aromatic rings. The molecule has 0 radical (unpaired) electrons. The lowest BCUT2D eigenvalue weighted by Gasteiger charge is -2.35. The number of halogens is 2. The van der Waals surface area contributed by atoms with Crippen molar-refractivity contribution < 1.29 is 12.8 Å². The molecule has 0 aliphatic carbocycles. The van der Waals surface area contributed by atoms with E-state index in [1.807, 2.05) is 0 Å². The summed E-state index contributed by atoms with van der Waals surface area (Å²) < 4.78 is 39.8. The molecule has 20 heavy (non-hydrogen) atoms. The van der Waals surface area contributed by atoms with Crippen molar-refractivity contribution in [3.05, 3.63) is 29.0 Å². The summed E-state index contributed by atoms with van der Waals surface area (Å²) in [6.45, 7) is 3.26. The number of benzene rings is 1. The molecule has 1 aromatic carbocycles. The van der Waals surface area contributed by atoms with Gasteiger partial charge in [-0.2, -0.15) is 4.31 Å². The van der Waals surface area contributed by atoms with E-state index in [1.165, 1.54) is 10.4 Å². The predicted molar refractivity (Wildman–Crippen MR) is 76.5 cm³/mol. The third kappa shape index (κ3) is 2.98. The first-order chi connectivity index (χ1) is 9.36. The van der Waals surface area contributed by atoms with Crippen LogP contribution in [0.4, 0.5) is 4.39 Å². The van der Waals surface area contributed by atoms with Gasteiger partial charge < -0.3 is 5.73 Å². The third-order valence-electron chi connectivity index (χ3n) is 3.89. The molecule has 1 aliphatic rings. The van der Waals surface area contributed by atoms with E-state index < -0.39 is 15.8 Å². The Morgan fingerprint density at radius 1 is 1.50 bits per heavy atom. The first-order valence-electron chi connectivity index (χ1n) is 6.51. The first kappa shape index (κ1) is 15.7. The second kappa shape index (κ2) is 5.97. The van der Waals surface area contributed by atoms with Gasteiger partial charge >= 0.3 is 0 Å². The van der Waals surface area contributed by atoms with E-state index in [-0.39, 0.29) is 15.8 Å². The minimum Gasteiger partial charge on any atom is -0.330 e. The Hall–Kier alpha value is -0.690. The van der Waals surface area contributed by atoms with E-state index in [0.717, 1.165) is 18.6 Å². The smallest absolute Gasteiger partial charge is 0.244 e. The fraction of sp³-hybridized carbons (Fsp3) is 0.538. The van der Waals surface area contributed by atoms with E-state index in [0.29, 0.717) is 25.6 Å². The zero-order valence-electron chi connectivity index (χ0n) is 11.2. The second-order valence-corrected chi connectivity index (χ2v) is 7.51. The first-order valence-corrected chi connectivity index (χ1v) is 8.33. The average Bonchev–Trinajstić information content (AvgIpc) is 2.41. The monoisotopic (exact) mass is 320 g/mol. The Morgan fingerprint density at radius 2 is 2.20 bits per heavy atom. The van der Waals surface area contributed by atoms with Gasteiger partial charge in [-0.1, -0.05) is 18.5 Å². The van der Waals surface area contributed by atoms with E-state index in [4.69, 9.17) is 17.3 Å². The molecule has 0 aromatic heterocycles. The van der Waals surface area contributed by atoms with Gasteiger partial charge in [0.25, 0.3) is 0 Å². The molecule has 2 unspecified atom stereocenters. The van der Waals surface area contributed by atoms with Gasteiger partial charge in [0.15, 0.2) is 0 Å². The molecule has 1 saturated heterocycles.